The molecule has 0 aliphatic heterocycles. The molecule has 3 N–H and O–H groups in total. The summed E-state index contributed by atoms with van der Waals surface area (Å²) in [6.45, 7) is 3.32. The van der Waals surface area contributed by atoms with Crippen LogP contribution in [0.25, 0.3) is 0 Å². The molecule has 0 aromatic carbocycles. The van der Waals surface area contributed by atoms with Crippen LogP contribution in [0.1, 0.15) is 13.8 Å². The summed E-state index contributed by atoms with van der Waals surface area (Å²) < 4.78 is 0. The third kappa shape index (κ3) is 2.19. The fraction of sp³-hybridized carbons (Fsp3) is 0.571. The van der Waals surface area contributed by atoms with Crippen LogP contribution in [0.5, 0.6) is 0 Å². The number of aliphatic hydroxyl groups is 1. The third-order valence-electron chi connectivity index (χ3n) is 1.67. The second-order valence-corrected chi connectivity index (χ2v) is 3.56. The average Bonchev–Trinajstić information content (AvgIpc) is 2.51. The van der Waals surface area contributed by atoms with Crippen LogP contribution in [0.2, 0.25) is 0 Å². The lowest BCUT2D eigenvalue weighted by molar-refractivity contribution is -0.388. The lowest BCUT2D eigenvalue weighted by Crippen LogP contribution is -2.34. The summed E-state index contributed by atoms with van der Waals surface area (Å²) in [6, 6.07) is 0. The topological polar surface area (TPSA) is 104 Å². The summed E-state index contributed by atoms with van der Waals surface area (Å²) in [5.74, 6) is -0.202. The second-order valence-electron chi connectivity index (χ2n) is 3.56. The van der Waals surface area contributed by atoms with Gasteiger partial charge in [-0.05, 0) is 18.8 Å². The van der Waals surface area contributed by atoms with Crippen molar-refractivity contribution in [1.82, 2.24) is 10.2 Å². The molecule has 0 spiro atoms. The highest BCUT2D eigenvalue weighted by Gasteiger charge is 2.22. The highest BCUT2D eigenvalue weighted by Crippen LogP contribution is 2.23. The lowest BCUT2D eigenvalue weighted by atomic mass is 10.1. The highest BCUT2D eigenvalue weighted by atomic mass is 16.6. The Morgan fingerprint density at radius 1 is 1.79 bits per heavy atom. The number of hydrogen-bond acceptors (Lipinski definition) is 5. The number of aromatic nitrogens is 2. The van der Waals surface area contributed by atoms with Gasteiger partial charge in [-0.15, -0.1) is 5.10 Å². The minimum absolute atomic E-state index is 0.130. The molecule has 0 saturated heterocycles. The lowest BCUT2D eigenvalue weighted by Gasteiger charge is -2.23. The fourth-order valence-corrected chi connectivity index (χ4v) is 0.914. The molecule has 1 heterocycles. The van der Waals surface area contributed by atoms with E-state index in [1.807, 2.05) is 0 Å². The molecule has 0 fully saturated rings. The van der Waals surface area contributed by atoms with E-state index in [0.29, 0.717) is 0 Å². The van der Waals surface area contributed by atoms with Crippen LogP contribution in [0.3, 0.4) is 0 Å². The van der Waals surface area contributed by atoms with Crippen molar-refractivity contribution in [2.24, 2.45) is 0 Å². The van der Waals surface area contributed by atoms with Crippen LogP contribution in [0, 0.1) is 10.1 Å². The predicted octanol–water partition coefficient (Wildman–Crippen LogP) is 0.501. The molecule has 0 saturated carbocycles. The molecule has 0 amide bonds. The molecule has 1 rings (SSSR count). The van der Waals surface area contributed by atoms with Gasteiger partial charge in [-0.1, -0.05) is 5.10 Å². The zero-order chi connectivity index (χ0) is 10.8. The molecular formula is C7H12N4O3. The number of H-pyrrole nitrogens is 1. The third-order valence-corrected chi connectivity index (χ3v) is 1.67. The largest absolute Gasteiger partial charge is 0.394 e. The summed E-state index contributed by atoms with van der Waals surface area (Å²) >= 11 is 0. The molecule has 0 radical (unpaired) electrons. The number of nitro groups is 1. The van der Waals surface area contributed by atoms with Crippen molar-refractivity contribution in [1.29, 1.82) is 0 Å². The van der Waals surface area contributed by atoms with E-state index < -0.39 is 10.5 Å². The van der Waals surface area contributed by atoms with Crippen molar-refractivity contribution in [3.05, 3.63) is 16.3 Å². The van der Waals surface area contributed by atoms with Crippen LogP contribution in [-0.4, -0.2) is 32.4 Å². The Bertz CT molecular complexity index is 333. The molecule has 7 heteroatoms. The fourth-order valence-electron chi connectivity index (χ4n) is 0.914. The van der Waals surface area contributed by atoms with E-state index >= 15 is 0 Å². The SMILES string of the molecule is CC(C)(CO)Nc1cn[nH]c1[N+](=O)[O-]. The number of hydrogen-bond donors (Lipinski definition) is 3. The number of nitrogens with one attached hydrogen (secondary N) is 2. The van der Waals surface area contributed by atoms with E-state index in [2.05, 4.69) is 15.5 Å². The summed E-state index contributed by atoms with van der Waals surface area (Å²) in [5, 5.41) is 28.1. The van der Waals surface area contributed by atoms with Crippen LogP contribution < -0.4 is 5.32 Å². The van der Waals surface area contributed by atoms with Gasteiger partial charge in [0.2, 0.25) is 0 Å². The van der Waals surface area contributed by atoms with Crippen molar-refractivity contribution >= 4 is 11.5 Å². The van der Waals surface area contributed by atoms with E-state index in [4.69, 9.17) is 5.11 Å². The zero-order valence-electron chi connectivity index (χ0n) is 7.94. The predicted molar refractivity (Wildman–Crippen MR) is 50.0 cm³/mol. The Labute approximate surface area is 80.3 Å². The van der Waals surface area contributed by atoms with Gasteiger partial charge >= 0.3 is 5.82 Å². The number of rotatable bonds is 4. The van der Waals surface area contributed by atoms with Gasteiger partial charge in [0.25, 0.3) is 0 Å². The van der Waals surface area contributed by atoms with E-state index in [-0.39, 0.29) is 18.1 Å². The first kappa shape index (κ1) is 10.5. The van der Waals surface area contributed by atoms with E-state index in [1.165, 1.54) is 6.20 Å². The quantitative estimate of drug-likeness (QED) is 0.485. The Morgan fingerprint density at radius 2 is 2.43 bits per heavy atom. The van der Waals surface area contributed by atoms with Gasteiger partial charge < -0.3 is 20.5 Å². The summed E-state index contributed by atoms with van der Waals surface area (Å²) in [4.78, 5) is 9.92. The number of anilines is 1. The Hall–Kier alpha value is -1.63. The molecule has 1 aromatic rings. The van der Waals surface area contributed by atoms with Crippen molar-refractivity contribution in [3.63, 3.8) is 0 Å². The van der Waals surface area contributed by atoms with Gasteiger partial charge in [0.1, 0.15) is 6.20 Å². The summed E-state index contributed by atoms with van der Waals surface area (Å²) in [7, 11) is 0. The maximum atomic E-state index is 10.5. The van der Waals surface area contributed by atoms with E-state index in [9.17, 15) is 10.1 Å². The molecular weight excluding hydrogens is 188 g/mol. The number of nitrogens with zero attached hydrogens (tertiary/aromatic N) is 2. The van der Waals surface area contributed by atoms with Crippen molar-refractivity contribution < 1.29 is 10.0 Å². The minimum atomic E-state index is -0.616. The average molecular weight is 200 g/mol. The first-order chi connectivity index (χ1) is 6.46. The van der Waals surface area contributed by atoms with Crippen LogP contribution in [0.4, 0.5) is 11.5 Å². The second kappa shape index (κ2) is 3.62. The summed E-state index contributed by atoms with van der Waals surface area (Å²) in [5.41, 5.74) is -0.344. The standard InChI is InChI=1S/C7H12N4O3/c1-7(2,4-12)9-5-3-8-10-6(5)11(13)14/h3,9,12H,4H2,1-2H3,(H,8,10). The van der Waals surface area contributed by atoms with Gasteiger partial charge in [0.05, 0.1) is 12.1 Å². The number of aliphatic hydroxyl groups excluding tert-OH is 1. The maximum Gasteiger partial charge on any atom is 0.366 e. The molecule has 14 heavy (non-hydrogen) atoms. The van der Waals surface area contributed by atoms with Gasteiger partial charge in [0.15, 0.2) is 5.69 Å². The van der Waals surface area contributed by atoms with Crippen LogP contribution >= 0.6 is 0 Å². The van der Waals surface area contributed by atoms with Crippen LogP contribution in [-0.2, 0) is 0 Å². The molecule has 78 valence electrons. The van der Waals surface area contributed by atoms with Gasteiger partial charge in [-0.2, -0.15) is 0 Å². The van der Waals surface area contributed by atoms with Crippen molar-refractivity contribution in [2.75, 3.05) is 11.9 Å². The molecule has 7 nitrogen and oxygen atoms in total. The van der Waals surface area contributed by atoms with E-state index in [0.717, 1.165) is 0 Å². The minimum Gasteiger partial charge on any atom is -0.394 e. The Balaban J connectivity index is 2.86. The Kier molecular flexibility index (Phi) is 2.70. The monoisotopic (exact) mass is 200 g/mol. The maximum absolute atomic E-state index is 10.5. The van der Waals surface area contributed by atoms with E-state index in [1.54, 1.807) is 13.8 Å². The number of aromatic amines is 1. The molecule has 1 aromatic heterocycles. The van der Waals surface area contributed by atoms with Crippen molar-refractivity contribution in [2.45, 2.75) is 19.4 Å². The van der Waals surface area contributed by atoms with Gasteiger partial charge in [-0.3, -0.25) is 0 Å². The van der Waals surface area contributed by atoms with Crippen LogP contribution in [0.15, 0.2) is 6.20 Å². The summed E-state index contributed by atoms with van der Waals surface area (Å²) in [6.07, 6.45) is 1.32. The van der Waals surface area contributed by atoms with Gasteiger partial charge in [-0.25, -0.2) is 0 Å². The first-order valence-electron chi connectivity index (χ1n) is 4.03. The van der Waals surface area contributed by atoms with Gasteiger partial charge in [0, 0.05) is 0 Å². The zero-order valence-corrected chi connectivity index (χ0v) is 7.94. The molecule has 0 bridgehead atoms. The van der Waals surface area contributed by atoms with Crippen molar-refractivity contribution in [3.8, 4) is 0 Å². The smallest absolute Gasteiger partial charge is 0.366 e. The molecule has 0 unspecified atom stereocenters. The molecule has 0 atom stereocenters. The highest BCUT2D eigenvalue weighted by molar-refractivity contribution is 5.56. The Morgan fingerprint density at radius 3 is 2.93 bits per heavy atom. The molecule has 0 aliphatic carbocycles. The first-order valence-corrected chi connectivity index (χ1v) is 4.03. The molecule has 0 aliphatic rings. The normalized spacial score (nSPS) is 11.4.